The van der Waals surface area contributed by atoms with E-state index in [0.29, 0.717) is 6.42 Å². The third kappa shape index (κ3) is 3.65. The average molecular weight is 253 g/mol. The van der Waals surface area contributed by atoms with E-state index in [1.807, 2.05) is 13.0 Å². The first-order valence-electron chi connectivity index (χ1n) is 5.24. The number of carbonyl (C=O) groups excluding carboxylic acids is 1. The minimum absolute atomic E-state index is 0.0205. The van der Waals surface area contributed by atoms with Gasteiger partial charge in [-0.1, -0.05) is 18.5 Å². The Kier molecular flexibility index (Phi) is 4.80. The molecule has 0 heterocycles. The number of carbonyl (C=O) groups is 1. The van der Waals surface area contributed by atoms with Crippen LogP contribution >= 0.6 is 11.6 Å². The highest BCUT2D eigenvalue weighted by Crippen LogP contribution is 2.21. The molecule has 0 bridgehead atoms. The molecule has 0 aliphatic carbocycles. The largest absolute Gasteiger partial charge is 0.508 e. The molecule has 0 saturated carbocycles. The molecule has 4 nitrogen and oxygen atoms in total. The topological polar surface area (TPSA) is 73.1 Å². The third-order valence-electron chi connectivity index (χ3n) is 2.36. The molecule has 1 atom stereocenters. The van der Waals surface area contributed by atoms with Crippen LogP contribution in [-0.4, -0.2) is 17.1 Å². The van der Waals surface area contributed by atoms with E-state index in [1.54, 1.807) is 0 Å². The first-order chi connectivity index (χ1) is 8.08. The van der Waals surface area contributed by atoms with E-state index >= 15 is 0 Å². The van der Waals surface area contributed by atoms with E-state index in [2.05, 4.69) is 5.32 Å². The molecule has 90 valence electrons. The van der Waals surface area contributed by atoms with E-state index in [9.17, 15) is 9.90 Å². The number of phenolic OH excluding ortho intramolecular Hbond substituents is 1. The number of nitrogens with one attached hydrogen (secondary N) is 1. The summed E-state index contributed by atoms with van der Waals surface area (Å²) in [6.07, 6.45) is 0.911. The van der Waals surface area contributed by atoms with Gasteiger partial charge in [-0.05, 0) is 24.6 Å². The van der Waals surface area contributed by atoms with Gasteiger partial charge in [0.2, 0.25) is 0 Å². The van der Waals surface area contributed by atoms with Crippen LogP contribution in [-0.2, 0) is 0 Å². The van der Waals surface area contributed by atoms with Gasteiger partial charge < -0.3 is 10.4 Å². The van der Waals surface area contributed by atoms with Gasteiger partial charge in [-0.25, -0.2) is 0 Å². The fourth-order valence-corrected chi connectivity index (χ4v) is 1.56. The maximum atomic E-state index is 11.8. The van der Waals surface area contributed by atoms with Crippen LogP contribution in [0.25, 0.3) is 0 Å². The lowest BCUT2D eigenvalue weighted by Gasteiger charge is -2.14. The maximum absolute atomic E-state index is 11.8. The van der Waals surface area contributed by atoms with Crippen molar-refractivity contribution in [3.8, 4) is 11.8 Å². The summed E-state index contributed by atoms with van der Waals surface area (Å²) in [6, 6.07) is 5.97. The summed E-state index contributed by atoms with van der Waals surface area (Å²) >= 11 is 5.86. The predicted molar refractivity (Wildman–Crippen MR) is 64.9 cm³/mol. The lowest BCUT2D eigenvalue weighted by Crippen LogP contribution is -2.34. The number of hydrogen-bond donors (Lipinski definition) is 2. The lowest BCUT2D eigenvalue weighted by atomic mass is 10.1. The molecular formula is C12H13ClN2O2. The van der Waals surface area contributed by atoms with Gasteiger partial charge in [0, 0.05) is 6.04 Å². The number of nitriles is 1. The van der Waals surface area contributed by atoms with E-state index < -0.39 is 0 Å². The number of hydrogen-bond acceptors (Lipinski definition) is 3. The quantitative estimate of drug-likeness (QED) is 0.865. The van der Waals surface area contributed by atoms with Crippen LogP contribution in [0.15, 0.2) is 18.2 Å². The average Bonchev–Trinajstić information content (AvgIpc) is 2.31. The molecule has 0 radical (unpaired) electrons. The Labute approximate surface area is 105 Å². The number of rotatable bonds is 4. The molecule has 0 spiro atoms. The van der Waals surface area contributed by atoms with Crippen molar-refractivity contribution < 1.29 is 9.90 Å². The predicted octanol–water partition coefficient (Wildman–Crippen LogP) is 2.47. The van der Waals surface area contributed by atoms with E-state index in [-0.39, 0.29) is 34.7 Å². The van der Waals surface area contributed by atoms with Gasteiger partial charge in [0.05, 0.1) is 23.1 Å². The second-order valence-electron chi connectivity index (χ2n) is 3.61. The molecule has 17 heavy (non-hydrogen) atoms. The Hall–Kier alpha value is -1.73. The number of phenols is 1. The Bertz CT molecular complexity index is 454. The van der Waals surface area contributed by atoms with Crippen LogP contribution in [0.1, 0.15) is 30.1 Å². The molecule has 1 rings (SSSR count). The normalized spacial score (nSPS) is 11.6. The standard InChI is InChI=1S/C12H13ClN2O2/c1-2-8(5-6-14)15-12(17)10-7-9(16)3-4-11(10)13/h3-4,7-8,16H,2,5H2,1H3,(H,15,17). The van der Waals surface area contributed by atoms with Crippen molar-refractivity contribution in [2.45, 2.75) is 25.8 Å². The highest BCUT2D eigenvalue weighted by Gasteiger charge is 2.15. The zero-order valence-electron chi connectivity index (χ0n) is 9.40. The fraction of sp³-hybridized carbons (Fsp3) is 0.333. The SMILES string of the molecule is CCC(CC#N)NC(=O)c1cc(O)ccc1Cl. The first kappa shape index (κ1) is 13.3. The van der Waals surface area contributed by atoms with Crippen molar-refractivity contribution in [2.75, 3.05) is 0 Å². The molecule has 5 heteroatoms. The van der Waals surface area contributed by atoms with Crippen molar-refractivity contribution in [1.29, 1.82) is 5.26 Å². The molecule has 2 N–H and O–H groups in total. The zero-order valence-corrected chi connectivity index (χ0v) is 10.2. The van der Waals surface area contributed by atoms with Crippen molar-refractivity contribution in [1.82, 2.24) is 5.32 Å². The van der Waals surface area contributed by atoms with Crippen LogP contribution in [0.4, 0.5) is 0 Å². The van der Waals surface area contributed by atoms with Gasteiger partial charge in [0.25, 0.3) is 5.91 Å². The van der Waals surface area contributed by atoms with Crippen molar-refractivity contribution in [3.63, 3.8) is 0 Å². The Morgan fingerprint density at radius 1 is 1.65 bits per heavy atom. The summed E-state index contributed by atoms with van der Waals surface area (Å²) in [7, 11) is 0. The Balaban J connectivity index is 2.82. The van der Waals surface area contributed by atoms with Gasteiger partial charge in [-0.2, -0.15) is 5.26 Å². The summed E-state index contributed by atoms with van der Waals surface area (Å²) in [5, 5.41) is 20.8. The van der Waals surface area contributed by atoms with E-state index in [0.717, 1.165) is 0 Å². The minimum atomic E-state index is -0.381. The number of aromatic hydroxyl groups is 1. The van der Waals surface area contributed by atoms with Crippen LogP contribution in [0.3, 0.4) is 0 Å². The van der Waals surface area contributed by atoms with Gasteiger partial charge in [-0.15, -0.1) is 0 Å². The highest BCUT2D eigenvalue weighted by atomic mass is 35.5. The summed E-state index contributed by atoms with van der Waals surface area (Å²) in [5.41, 5.74) is 0.211. The van der Waals surface area contributed by atoms with Gasteiger partial charge in [0.1, 0.15) is 5.75 Å². The zero-order chi connectivity index (χ0) is 12.8. The van der Waals surface area contributed by atoms with Crippen LogP contribution in [0.2, 0.25) is 5.02 Å². The molecule has 0 saturated heterocycles. The molecule has 1 aromatic rings. The fourth-order valence-electron chi connectivity index (χ4n) is 1.36. The number of halogens is 1. The summed E-state index contributed by atoms with van der Waals surface area (Å²) in [6.45, 7) is 1.88. The number of nitrogens with zero attached hydrogens (tertiary/aromatic N) is 1. The molecule has 1 unspecified atom stereocenters. The van der Waals surface area contributed by atoms with Gasteiger partial charge >= 0.3 is 0 Å². The minimum Gasteiger partial charge on any atom is -0.508 e. The van der Waals surface area contributed by atoms with Gasteiger partial charge in [0.15, 0.2) is 0 Å². The molecule has 1 amide bonds. The Morgan fingerprint density at radius 2 is 2.35 bits per heavy atom. The van der Waals surface area contributed by atoms with Crippen molar-refractivity contribution >= 4 is 17.5 Å². The third-order valence-corrected chi connectivity index (χ3v) is 2.69. The molecule has 0 aliphatic rings. The number of benzene rings is 1. The maximum Gasteiger partial charge on any atom is 0.253 e. The monoisotopic (exact) mass is 252 g/mol. The van der Waals surface area contributed by atoms with Crippen molar-refractivity contribution in [2.24, 2.45) is 0 Å². The van der Waals surface area contributed by atoms with Crippen LogP contribution < -0.4 is 5.32 Å². The summed E-state index contributed by atoms with van der Waals surface area (Å²) in [4.78, 5) is 11.8. The second-order valence-corrected chi connectivity index (χ2v) is 4.01. The molecular weight excluding hydrogens is 240 g/mol. The smallest absolute Gasteiger partial charge is 0.253 e. The molecule has 0 aliphatic heterocycles. The van der Waals surface area contributed by atoms with Crippen molar-refractivity contribution in [3.05, 3.63) is 28.8 Å². The molecule has 0 aromatic heterocycles. The summed E-state index contributed by atoms with van der Waals surface area (Å²) in [5.74, 6) is -0.402. The summed E-state index contributed by atoms with van der Waals surface area (Å²) < 4.78 is 0. The molecule has 1 aromatic carbocycles. The molecule has 0 fully saturated rings. The highest BCUT2D eigenvalue weighted by molar-refractivity contribution is 6.33. The van der Waals surface area contributed by atoms with E-state index in [4.69, 9.17) is 16.9 Å². The second kappa shape index (κ2) is 6.12. The lowest BCUT2D eigenvalue weighted by molar-refractivity contribution is 0.0936. The van der Waals surface area contributed by atoms with Crippen LogP contribution in [0.5, 0.6) is 5.75 Å². The van der Waals surface area contributed by atoms with E-state index in [1.165, 1.54) is 18.2 Å². The first-order valence-corrected chi connectivity index (χ1v) is 5.62. The van der Waals surface area contributed by atoms with Gasteiger partial charge in [-0.3, -0.25) is 4.79 Å². The Morgan fingerprint density at radius 3 is 2.94 bits per heavy atom. The van der Waals surface area contributed by atoms with Crippen LogP contribution in [0, 0.1) is 11.3 Å². The number of amides is 1.